The van der Waals surface area contributed by atoms with E-state index >= 15 is 0 Å². The third-order valence-electron chi connectivity index (χ3n) is 2.76. The zero-order valence-corrected chi connectivity index (χ0v) is 12.9. The Morgan fingerprint density at radius 2 is 1.85 bits per heavy atom. The number of nitrogen functional groups attached to an aromatic ring is 1. The zero-order valence-electron chi connectivity index (χ0n) is 10.5. The van der Waals surface area contributed by atoms with Crippen molar-refractivity contribution in [3.05, 3.63) is 52.5 Å². The summed E-state index contributed by atoms with van der Waals surface area (Å²) in [6, 6.07) is 12.4. The van der Waals surface area contributed by atoms with Gasteiger partial charge in [0.15, 0.2) is 0 Å². The van der Waals surface area contributed by atoms with Crippen molar-refractivity contribution in [1.82, 2.24) is 0 Å². The van der Waals surface area contributed by atoms with E-state index in [2.05, 4.69) is 21.2 Å². The molecule has 5 nitrogen and oxygen atoms in total. The van der Waals surface area contributed by atoms with Crippen LogP contribution in [0.2, 0.25) is 0 Å². The molecule has 7 heteroatoms. The molecule has 0 aliphatic heterocycles. The van der Waals surface area contributed by atoms with Gasteiger partial charge in [0.25, 0.3) is 0 Å². The van der Waals surface area contributed by atoms with E-state index in [4.69, 9.17) is 10.9 Å². The largest absolute Gasteiger partial charge is 0.398 e. The van der Waals surface area contributed by atoms with E-state index in [0.29, 0.717) is 6.54 Å². The molecule has 2 rings (SSSR count). The summed E-state index contributed by atoms with van der Waals surface area (Å²) in [4.78, 5) is -0.0658. The van der Waals surface area contributed by atoms with Gasteiger partial charge in [-0.05, 0) is 29.8 Å². The fraction of sp³-hybridized carbons (Fsp3) is 0.0769. The number of hydrogen-bond donors (Lipinski definition) is 3. The molecule has 0 heterocycles. The molecule has 0 bridgehead atoms. The second kappa shape index (κ2) is 5.82. The van der Waals surface area contributed by atoms with Gasteiger partial charge in [-0.1, -0.05) is 34.1 Å². The molecule has 20 heavy (non-hydrogen) atoms. The lowest BCUT2D eigenvalue weighted by molar-refractivity contribution is 0.598. The Labute approximate surface area is 126 Å². The average molecular weight is 356 g/mol. The number of nitrogens with one attached hydrogen (secondary N) is 1. The van der Waals surface area contributed by atoms with Crippen LogP contribution in [0, 0.1) is 0 Å². The number of rotatable bonds is 4. The quantitative estimate of drug-likeness (QED) is 0.732. The molecule has 0 aliphatic carbocycles. The van der Waals surface area contributed by atoms with E-state index in [-0.39, 0.29) is 10.6 Å². The number of sulfonamides is 1. The van der Waals surface area contributed by atoms with Gasteiger partial charge in [0.1, 0.15) is 4.90 Å². The van der Waals surface area contributed by atoms with E-state index in [1.165, 1.54) is 6.07 Å². The van der Waals surface area contributed by atoms with Gasteiger partial charge in [-0.3, -0.25) is 0 Å². The smallest absolute Gasteiger partial charge is 0.240 e. The van der Waals surface area contributed by atoms with E-state index in [0.717, 1.165) is 15.7 Å². The molecule has 0 amide bonds. The van der Waals surface area contributed by atoms with Gasteiger partial charge < -0.3 is 11.1 Å². The van der Waals surface area contributed by atoms with E-state index in [1.54, 1.807) is 12.1 Å². The van der Waals surface area contributed by atoms with E-state index in [9.17, 15) is 8.42 Å². The molecule has 0 unspecified atom stereocenters. The Morgan fingerprint density at radius 3 is 2.45 bits per heavy atom. The Kier molecular flexibility index (Phi) is 4.32. The number of halogens is 1. The van der Waals surface area contributed by atoms with Crippen LogP contribution >= 0.6 is 15.9 Å². The van der Waals surface area contributed by atoms with E-state index < -0.39 is 10.0 Å². The molecule has 0 fully saturated rings. The minimum absolute atomic E-state index is 0.0658. The van der Waals surface area contributed by atoms with Crippen LogP contribution in [0.4, 0.5) is 11.4 Å². The van der Waals surface area contributed by atoms with Crippen molar-refractivity contribution in [2.45, 2.75) is 11.4 Å². The summed E-state index contributed by atoms with van der Waals surface area (Å²) in [5.74, 6) is 0. The standard InChI is InChI=1S/C13H14BrN3O2S/c14-11-4-2-1-3-9(11)8-17-10-5-6-13(12(15)7-10)20(16,18)19/h1-7,17H,8,15H2,(H2,16,18,19). The molecule has 0 atom stereocenters. The molecule has 0 aromatic heterocycles. The first-order valence-electron chi connectivity index (χ1n) is 5.77. The highest BCUT2D eigenvalue weighted by molar-refractivity contribution is 9.10. The molecule has 0 aliphatic rings. The van der Waals surface area contributed by atoms with Crippen LogP contribution in [0.15, 0.2) is 51.8 Å². The van der Waals surface area contributed by atoms with Gasteiger partial charge in [-0.15, -0.1) is 0 Å². The van der Waals surface area contributed by atoms with Crippen LogP contribution in [0.5, 0.6) is 0 Å². The Hall–Kier alpha value is -1.57. The monoisotopic (exact) mass is 355 g/mol. The van der Waals surface area contributed by atoms with Crippen molar-refractivity contribution < 1.29 is 8.42 Å². The number of primary sulfonamides is 1. The lowest BCUT2D eigenvalue weighted by atomic mass is 10.2. The molecular formula is C13H14BrN3O2S. The summed E-state index contributed by atoms with van der Waals surface area (Å²) in [5.41, 5.74) is 7.64. The van der Waals surface area contributed by atoms with Crippen LogP contribution in [-0.2, 0) is 16.6 Å². The molecule has 0 spiro atoms. The van der Waals surface area contributed by atoms with Crippen LogP contribution in [0.25, 0.3) is 0 Å². The van der Waals surface area contributed by atoms with Crippen molar-refractivity contribution >= 4 is 37.3 Å². The molecule has 106 valence electrons. The molecule has 0 saturated carbocycles. The minimum Gasteiger partial charge on any atom is -0.398 e. The fourth-order valence-electron chi connectivity index (χ4n) is 1.76. The van der Waals surface area contributed by atoms with Gasteiger partial charge in [0.2, 0.25) is 10.0 Å². The zero-order chi connectivity index (χ0) is 14.8. The minimum atomic E-state index is -3.78. The second-order valence-corrected chi connectivity index (χ2v) is 6.63. The topological polar surface area (TPSA) is 98.2 Å². The maximum atomic E-state index is 11.3. The van der Waals surface area contributed by atoms with Crippen molar-refractivity contribution in [1.29, 1.82) is 0 Å². The SMILES string of the molecule is Nc1cc(NCc2ccccc2Br)ccc1S(N)(=O)=O. The highest BCUT2D eigenvalue weighted by Crippen LogP contribution is 2.23. The van der Waals surface area contributed by atoms with Gasteiger partial charge in [0.05, 0.1) is 5.69 Å². The summed E-state index contributed by atoms with van der Waals surface area (Å²) in [7, 11) is -3.78. The van der Waals surface area contributed by atoms with Crippen molar-refractivity contribution in [3.63, 3.8) is 0 Å². The Morgan fingerprint density at radius 1 is 1.15 bits per heavy atom. The van der Waals surface area contributed by atoms with E-state index in [1.807, 2.05) is 24.3 Å². The second-order valence-electron chi connectivity index (χ2n) is 4.24. The van der Waals surface area contributed by atoms with Crippen LogP contribution in [0.3, 0.4) is 0 Å². The molecule has 0 radical (unpaired) electrons. The van der Waals surface area contributed by atoms with Gasteiger partial charge in [0, 0.05) is 16.7 Å². The summed E-state index contributed by atoms with van der Waals surface area (Å²) >= 11 is 3.46. The van der Waals surface area contributed by atoms with Crippen LogP contribution in [-0.4, -0.2) is 8.42 Å². The number of benzene rings is 2. The maximum Gasteiger partial charge on any atom is 0.240 e. The van der Waals surface area contributed by atoms with Gasteiger partial charge in [-0.25, -0.2) is 13.6 Å². The third kappa shape index (κ3) is 3.50. The average Bonchev–Trinajstić information content (AvgIpc) is 2.36. The van der Waals surface area contributed by atoms with Crippen molar-refractivity contribution in [3.8, 4) is 0 Å². The Balaban J connectivity index is 2.16. The molecule has 5 N–H and O–H groups in total. The Bertz CT molecular complexity index is 732. The van der Waals surface area contributed by atoms with Crippen molar-refractivity contribution in [2.24, 2.45) is 5.14 Å². The highest BCUT2D eigenvalue weighted by atomic mass is 79.9. The summed E-state index contributed by atoms with van der Waals surface area (Å²) in [6.45, 7) is 0.593. The molecule has 2 aromatic carbocycles. The lowest BCUT2D eigenvalue weighted by Gasteiger charge is -2.10. The summed E-state index contributed by atoms with van der Waals surface area (Å²) in [5, 5.41) is 8.23. The fourth-order valence-corrected chi connectivity index (χ4v) is 2.83. The number of hydrogen-bond acceptors (Lipinski definition) is 4. The van der Waals surface area contributed by atoms with Crippen LogP contribution in [0.1, 0.15) is 5.56 Å². The first kappa shape index (κ1) is 14.8. The first-order chi connectivity index (χ1) is 9.38. The molecule has 0 saturated heterocycles. The third-order valence-corrected chi connectivity index (χ3v) is 4.52. The summed E-state index contributed by atoms with van der Waals surface area (Å²) in [6.07, 6.45) is 0. The number of nitrogens with two attached hydrogens (primary N) is 2. The first-order valence-corrected chi connectivity index (χ1v) is 8.11. The number of anilines is 2. The molecule has 2 aromatic rings. The van der Waals surface area contributed by atoms with Crippen LogP contribution < -0.4 is 16.2 Å². The lowest BCUT2D eigenvalue weighted by Crippen LogP contribution is -2.14. The summed E-state index contributed by atoms with van der Waals surface area (Å²) < 4.78 is 23.5. The van der Waals surface area contributed by atoms with Gasteiger partial charge >= 0.3 is 0 Å². The van der Waals surface area contributed by atoms with Gasteiger partial charge in [-0.2, -0.15) is 0 Å². The molecular weight excluding hydrogens is 342 g/mol. The highest BCUT2D eigenvalue weighted by Gasteiger charge is 2.12. The predicted octanol–water partition coefficient (Wildman–Crippen LogP) is 2.29. The predicted molar refractivity (Wildman–Crippen MR) is 83.7 cm³/mol. The van der Waals surface area contributed by atoms with Crippen molar-refractivity contribution in [2.75, 3.05) is 11.1 Å². The normalized spacial score (nSPS) is 11.3. The maximum absolute atomic E-state index is 11.3.